The molecular formula is C12H14N2O3. The molecule has 1 amide bonds. The summed E-state index contributed by atoms with van der Waals surface area (Å²) in [7, 11) is 0. The molecule has 1 unspecified atom stereocenters. The number of hydrazine groups is 1. The summed E-state index contributed by atoms with van der Waals surface area (Å²) in [6.45, 7) is 0.474. The zero-order valence-corrected chi connectivity index (χ0v) is 9.33. The van der Waals surface area contributed by atoms with Gasteiger partial charge in [-0.05, 0) is 5.56 Å². The van der Waals surface area contributed by atoms with Crippen molar-refractivity contribution >= 4 is 11.9 Å². The number of nitrogens with two attached hydrogens (primary N) is 1. The van der Waals surface area contributed by atoms with Crippen LogP contribution in [0.4, 0.5) is 0 Å². The summed E-state index contributed by atoms with van der Waals surface area (Å²) in [6, 6.07) is 9.41. The molecule has 0 spiro atoms. The molecular weight excluding hydrogens is 220 g/mol. The van der Waals surface area contributed by atoms with Crippen LogP contribution < -0.4 is 5.84 Å². The van der Waals surface area contributed by atoms with Crippen molar-refractivity contribution in [3.63, 3.8) is 0 Å². The van der Waals surface area contributed by atoms with Gasteiger partial charge in [0.15, 0.2) is 0 Å². The maximum Gasteiger partial charge on any atom is 0.311 e. The third-order valence-corrected chi connectivity index (χ3v) is 2.72. The second kappa shape index (κ2) is 4.97. The Balaban J connectivity index is 1.84. The molecule has 1 aliphatic heterocycles. The number of amides is 1. The highest BCUT2D eigenvalue weighted by Gasteiger charge is 2.33. The van der Waals surface area contributed by atoms with Crippen molar-refractivity contribution in [2.24, 2.45) is 11.8 Å². The highest BCUT2D eigenvalue weighted by molar-refractivity contribution is 5.86. The van der Waals surface area contributed by atoms with Crippen LogP contribution in [0, 0.1) is 5.92 Å². The normalized spacial score (nSPS) is 19.5. The number of nitrogens with zero attached hydrogens (tertiary/aromatic N) is 1. The first-order valence-corrected chi connectivity index (χ1v) is 5.42. The molecule has 0 aliphatic carbocycles. The molecule has 2 N–H and O–H groups in total. The summed E-state index contributed by atoms with van der Waals surface area (Å²) < 4.78 is 5.14. The second-order valence-corrected chi connectivity index (χ2v) is 4.04. The van der Waals surface area contributed by atoms with Crippen LogP contribution in [0.3, 0.4) is 0 Å². The van der Waals surface area contributed by atoms with E-state index >= 15 is 0 Å². The molecule has 0 radical (unpaired) electrons. The molecule has 5 nitrogen and oxygen atoms in total. The molecule has 1 aromatic rings. The van der Waals surface area contributed by atoms with E-state index in [0.29, 0.717) is 0 Å². The minimum Gasteiger partial charge on any atom is -0.461 e. The molecule has 1 aromatic carbocycles. The Morgan fingerprint density at radius 2 is 2.12 bits per heavy atom. The van der Waals surface area contributed by atoms with E-state index in [4.69, 9.17) is 10.6 Å². The van der Waals surface area contributed by atoms with Crippen molar-refractivity contribution in [1.82, 2.24) is 5.01 Å². The fourth-order valence-electron chi connectivity index (χ4n) is 1.74. The molecule has 0 aromatic heterocycles. The van der Waals surface area contributed by atoms with Crippen molar-refractivity contribution < 1.29 is 14.3 Å². The molecule has 5 heteroatoms. The van der Waals surface area contributed by atoms with Gasteiger partial charge in [0, 0.05) is 6.42 Å². The lowest BCUT2D eigenvalue weighted by Gasteiger charge is -2.10. The number of benzene rings is 1. The first kappa shape index (κ1) is 11.6. The molecule has 0 bridgehead atoms. The fourth-order valence-corrected chi connectivity index (χ4v) is 1.74. The smallest absolute Gasteiger partial charge is 0.311 e. The standard InChI is InChI=1S/C12H14N2O3/c13-14-7-10(6-11(14)15)12(16)17-8-9-4-2-1-3-5-9/h1-5,10H,6-8,13H2. The van der Waals surface area contributed by atoms with Crippen molar-refractivity contribution in [2.75, 3.05) is 6.54 Å². The molecule has 1 atom stereocenters. The molecule has 90 valence electrons. The number of carbonyl (C=O) groups is 2. The third-order valence-electron chi connectivity index (χ3n) is 2.72. The van der Waals surface area contributed by atoms with Gasteiger partial charge in [0.05, 0.1) is 12.5 Å². The fraction of sp³-hybridized carbons (Fsp3) is 0.333. The van der Waals surface area contributed by atoms with E-state index < -0.39 is 5.92 Å². The number of rotatable bonds is 3. The average Bonchev–Trinajstić information content (AvgIpc) is 2.68. The summed E-state index contributed by atoms with van der Waals surface area (Å²) in [4.78, 5) is 22.8. The number of carbonyl (C=O) groups excluding carboxylic acids is 2. The number of hydrogen-bond donors (Lipinski definition) is 1. The van der Waals surface area contributed by atoms with Crippen LogP contribution in [0.25, 0.3) is 0 Å². The third kappa shape index (κ3) is 2.82. The Kier molecular flexibility index (Phi) is 3.39. The Bertz CT molecular complexity index is 419. The van der Waals surface area contributed by atoms with Gasteiger partial charge in [0.1, 0.15) is 6.61 Å². The minimum absolute atomic E-state index is 0.143. The van der Waals surface area contributed by atoms with Crippen LogP contribution in [0.2, 0.25) is 0 Å². The van der Waals surface area contributed by atoms with Crippen molar-refractivity contribution in [1.29, 1.82) is 0 Å². The SMILES string of the molecule is NN1CC(C(=O)OCc2ccccc2)CC1=O. The van der Waals surface area contributed by atoms with Gasteiger partial charge in [-0.1, -0.05) is 30.3 Å². The van der Waals surface area contributed by atoms with Gasteiger partial charge in [0.25, 0.3) is 0 Å². The minimum atomic E-state index is -0.434. The van der Waals surface area contributed by atoms with Crippen LogP contribution in [0.5, 0.6) is 0 Å². The molecule has 0 saturated carbocycles. The Labute approximate surface area is 99.1 Å². The first-order chi connectivity index (χ1) is 8.16. The van der Waals surface area contributed by atoms with Gasteiger partial charge in [-0.25, -0.2) is 5.84 Å². The van der Waals surface area contributed by atoms with Crippen molar-refractivity contribution in [3.05, 3.63) is 35.9 Å². The maximum absolute atomic E-state index is 11.7. The van der Waals surface area contributed by atoms with Gasteiger partial charge < -0.3 is 4.74 Å². The summed E-state index contributed by atoms with van der Waals surface area (Å²) in [6.07, 6.45) is 0.143. The number of hydrogen-bond acceptors (Lipinski definition) is 4. The van der Waals surface area contributed by atoms with Gasteiger partial charge in [0.2, 0.25) is 5.91 Å². The van der Waals surface area contributed by atoms with E-state index in [1.807, 2.05) is 30.3 Å². The lowest BCUT2D eigenvalue weighted by atomic mass is 10.1. The lowest BCUT2D eigenvalue weighted by molar-refractivity contribution is -0.149. The van der Waals surface area contributed by atoms with E-state index in [9.17, 15) is 9.59 Å². The number of esters is 1. The van der Waals surface area contributed by atoms with Crippen LogP contribution in [-0.2, 0) is 20.9 Å². The Hall–Kier alpha value is -1.88. The van der Waals surface area contributed by atoms with Crippen LogP contribution in [0.15, 0.2) is 30.3 Å². The summed E-state index contributed by atoms with van der Waals surface area (Å²) in [5.41, 5.74) is 0.926. The number of ether oxygens (including phenoxy) is 1. The molecule has 1 saturated heterocycles. The van der Waals surface area contributed by atoms with Crippen LogP contribution in [0.1, 0.15) is 12.0 Å². The lowest BCUT2D eigenvalue weighted by Crippen LogP contribution is -2.33. The maximum atomic E-state index is 11.7. The first-order valence-electron chi connectivity index (χ1n) is 5.42. The predicted molar refractivity (Wildman–Crippen MR) is 60.2 cm³/mol. The summed E-state index contributed by atoms with van der Waals surface area (Å²) in [5.74, 6) is 4.37. The zero-order chi connectivity index (χ0) is 12.3. The van der Waals surface area contributed by atoms with Crippen molar-refractivity contribution in [2.45, 2.75) is 13.0 Å². The highest BCUT2D eigenvalue weighted by Crippen LogP contribution is 2.16. The van der Waals surface area contributed by atoms with Gasteiger partial charge in [-0.3, -0.25) is 14.6 Å². The second-order valence-electron chi connectivity index (χ2n) is 4.04. The Morgan fingerprint density at radius 1 is 1.41 bits per heavy atom. The van der Waals surface area contributed by atoms with Crippen LogP contribution in [-0.4, -0.2) is 23.4 Å². The summed E-state index contributed by atoms with van der Waals surface area (Å²) >= 11 is 0. The topological polar surface area (TPSA) is 72.6 Å². The average molecular weight is 234 g/mol. The van der Waals surface area contributed by atoms with Crippen molar-refractivity contribution in [3.8, 4) is 0 Å². The largest absolute Gasteiger partial charge is 0.461 e. The molecule has 2 rings (SSSR count). The van der Waals surface area contributed by atoms with Gasteiger partial charge in [-0.2, -0.15) is 0 Å². The van der Waals surface area contributed by atoms with E-state index in [0.717, 1.165) is 10.6 Å². The molecule has 1 aliphatic rings. The molecule has 1 heterocycles. The van der Waals surface area contributed by atoms with Gasteiger partial charge in [-0.15, -0.1) is 0 Å². The van der Waals surface area contributed by atoms with E-state index in [1.54, 1.807) is 0 Å². The quantitative estimate of drug-likeness (QED) is 0.468. The zero-order valence-electron chi connectivity index (χ0n) is 9.33. The highest BCUT2D eigenvalue weighted by atomic mass is 16.5. The summed E-state index contributed by atoms with van der Waals surface area (Å²) in [5, 5.41) is 1.06. The van der Waals surface area contributed by atoms with E-state index in [-0.39, 0.29) is 31.4 Å². The predicted octanol–water partition coefficient (Wildman–Crippen LogP) is 0.452. The molecule has 17 heavy (non-hydrogen) atoms. The Morgan fingerprint density at radius 3 is 2.71 bits per heavy atom. The monoisotopic (exact) mass is 234 g/mol. The van der Waals surface area contributed by atoms with E-state index in [1.165, 1.54) is 0 Å². The van der Waals surface area contributed by atoms with Gasteiger partial charge >= 0.3 is 5.97 Å². The van der Waals surface area contributed by atoms with E-state index in [2.05, 4.69) is 0 Å². The molecule has 1 fully saturated rings. The van der Waals surface area contributed by atoms with Crippen LogP contribution >= 0.6 is 0 Å².